The van der Waals surface area contributed by atoms with Crippen molar-refractivity contribution in [3.8, 4) is 0 Å². The highest BCUT2D eigenvalue weighted by Gasteiger charge is 2.58. The molecule has 3 fully saturated rings. The Morgan fingerprint density at radius 1 is 1.33 bits per heavy atom. The van der Waals surface area contributed by atoms with E-state index in [2.05, 4.69) is 13.5 Å². The first-order chi connectivity index (χ1) is 13.9. The maximum absolute atomic E-state index is 12.1. The number of phosphoric ester groups is 1. The van der Waals surface area contributed by atoms with Crippen molar-refractivity contribution in [3.05, 3.63) is 23.8 Å². The fourth-order valence-corrected chi connectivity index (χ4v) is 6.40. The SMILES string of the molecule is C=C1CCC2[C@](C)(COP(=O)(O)O)[C@H](O)CC[C@@]2(C)[C@@H]1C/C=C1\C(=O)OC[C@H]1OC. The Labute approximate surface area is 177 Å². The molecule has 0 aromatic carbocycles. The molecule has 0 amide bonds. The number of ether oxygens (including phenoxy) is 2. The Morgan fingerprint density at radius 2 is 2.03 bits per heavy atom. The summed E-state index contributed by atoms with van der Waals surface area (Å²) < 4.78 is 26.7. The molecule has 2 saturated carbocycles. The van der Waals surface area contributed by atoms with Crippen LogP contribution >= 0.6 is 7.82 Å². The zero-order valence-corrected chi connectivity index (χ0v) is 18.8. The van der Waals surface area contributed by atoms with E-state index in [0.29, 0.717) is 18.4 Å². The van der Waals surface area contributed by atoms with Gasteiger partial charge in [0, 0.05) is 12.5 Å². The van der Waals surface area contributed by atoms with Gasteiger partial charge in [-0.25, -0.2) is 9.36 Å². The van der Waals surface area contributed by atoms with Crippen molar-refractivity contribution < 1.29 is 38.3 Å². The first-order valence-electron chi connectivity index (χ1n) is 10.4. The summed E-state index contributed by atoms with van der Waals surface area (Å²) in [5.41, 5.74) is 0.589. The van der Waals surface area contributed by atoms with Crippen LogP contribution in [0.5, 0.6) is 0 Å². The molecule has 170 valence electrons. The van der Waals surface area contributed by atoms with E-state index in [9.17, 15) is 24.3 Å². The van der Waals surface area contributed by atoms with E-state index >= 15 is 0 Å². The second-order valence-corrected chi connectivity index (χ2v) is 10.6. The van der Waals surface area contributed by atoms with E-state index in [0.717, 1.165) is 24.8 Å². The predicted octanol–water partition coefficient (Wildman–Crippen LogP) is 2.73. The fraction of sp³-hybridized carbons (Fsp3) is 0.762. The van der Waals surface area contributed by atoms with Gasteiger partial charge in [0.2, 0.25) is 0 Å². The monoisotopic (exact) mass is 444 g/mol. The van der Waals surface area contributed by atoms with Gasteiger partial charge >= 0.3 is 13.8 Å². The topological polar surface area (TPSA) is 123 Å². The molecule has 0 aromatic heterocycles. The number of methoxy groups -OCH3 is 1. The van der Waals surface area contributed by atoms with Gasteiger partial charge in [0.05, 0.1) is 18.3 Å². The maximum Gasteiger partial charge on any atom is 0.469 e. The van der Waals surface area contributed by atoms with Crippen molar-refractivity contribution in [1.82, 2.24) is 0 Å². The molecule has 6 atom stereocenters. The fourth-order valence-electron chi connectivity index (χ4n) is 5.95. The average molecular weight is 444 g/mol. The summed E-state index contributed by atoms with van der Waals surface area (Å²) in [7, 11) is -3.10. The third-order valence-corrected chi connectivity index (χ3v) is 8.17. The molecular weight excluding hydrogens is 411 g/mol. The number of aliphatic hydroxyl groups excluding tert-OH is 1. The number of carbonyl (C=O) groups excluding carboxylic acids is 1. The zero-order valence-electron chi connectivity index (χ0n) is 17.9. The molecule has 3 rings (SSSR count). The highest BCUT2D eigenvalue weighted by Crippen LogP contribution is 2.62. The van der Waals surface area contributed by atoms with Crippen LogP contribution in [-0.4, -0.2) is 53.4 Å². The number of fused-ring (bicyclic) bond motifs is 1. The minimum absolute atomic E-state index is 0.0112. The molecule has 1 saturated heterocycles. The van der Waals surface area contributed by atoms with Crippen molar-refractivity contribution in [2.24, 2.45) is 22.7 Å². The molecule has 30 heavy (non-hydrogen) atoms. The van der Waals surface area contributed by atoms with Gasteiger partial charge in [-0.1, -0.05) is 32.1 Å². The first-order valence-corrected chi connectivity index (χ1v) is 11.9. The Morgan fingerprint density at radius 3 is 2.67 bits per heavy atom. The standard InChI is InChI=1S/C21H33O8P/c1-13-5-8-17-20(2,10-9-18(22)21(17,3)12-29-30(24,25)26)15(13)7-6-14-16(27-4)11-28-19(14)23/h6,15-18,22H,1,5,7-12H2,2-4H3,(H2,24,25,26)/b14-6-/t15-,16-,17?,18-,20+,21+/m1/s1. The molecule has 1 aliphatic heterocycles. The smallest absolute Gasteiger partial charge is 0.459 e. The van der Waals surface area contributed by atoms with E-state index in [-0.39, 0.29) is 42.5 Å². The molecule has 3 N–H and O–H groups in total. The number of hydrogen-bond acceptors (Lipinski definition) is 6. The van der Waals surface area contributed by atoms with Crippen LogP contribution in [0.25, 0.3) is 0 Å². The third-order valence-electron chi connectivity index (χ3n) is 7.70. The van der Waals surface area contributed by atoms with Gasteiger partial charge in [0.15, 0.2) is 0 Å². The first kappa shape index (κ1) is 23.6. The molecule has 9 heteroatoms. The Hall–Kier alpha value is -1.02. The zero-order chi connectivity index (χ0) is 22.3. The largest absolute Gasteiger partial charge is 0.469 e. The van der Waals surface area contributed by atoms with Gasteiger partial charge in [0.25, 0.3) is 0 Å². The van der Waals surface area contributed by atoms with Gasteiger partial charge in [-0.3, -0.25) is 4.52 Å². The van der Waals surface area contributed by atoms with E-state index in [1.807, 2.05) is 13.0 Å². The van der Waals surface area contributed by atoms with E-state index < -0.39 is 19.3 Å². The number of rotatable bonds is 6. The lowest BCUT2D eigenvalue weighted by molar-refractivity contribution is -0.149. The molecule has 3 aliphatic rings. The van der Waals surface area contributed by atoms with Crippen LogP contribution in [0.2, 0.25) is 0 Å². The number of carbonyl (C=O) groups is 1. The average Bonchev–Trinajstić information content (AvgIpc) is 3.02. The van der Waals surface area contributed by atoms with Gasteiger partial charge in [-0.15, -0.1) is 0 Å². The van der Waals surface area contributed by atoms with Crippen LogP contribution in [-0.2, 0) is 23.4 Å². The van der Waals surface area contributed by atoms with Gasteiger partial charge in [-0.2, -0.15) is 0 Å². The van der Waals surface area contributed by atoms with Crippen LogP contribution in [0.15, 0.2) is 23.8 Å². The van der Waals surface area contributed by atoms with Crippen molar-refractivity contribution in [3.63, 3.8) is 0 Å². The number of allylic oxidation sites excluding steroid dienone is 2. The van der Waals surface area contributed by atoms with Gasteiger partial charge in [0.1, 0.15) is 12.7 Å². The predicted molar refractivity (Wildman–Crippen MR) is 109 cm³/mol. The lowest BCUT2D eigenvalue weighted by Crippen LogP contribution is -2.57. The molecule has 0 spiro atoms. The second kappa shape index (κ2) is 8.49. The summed E-state index contributed by atoms with van der Waals surface area (Å²) >= 11 is 0. The highest BCUT2D eigenvalue weighted by atomic mass is 31.2. The second-order valence-electron chi connectivity index (χ2n) is 9.35. The molecule has 0 radical (unpaired) electrons. The molecular formula is C21H33O8P. The number of aliphatic hydroxyl groups is 1. The summed E-state index contributed by atoms with van der Waals surface area (Å²) in [6.07, 6.45) is 4.20. The summed E-state index contributed by atoms with van der Waals surface area (Å²) in [5.74, 6) is -0.302. The minimum Gasteiger partial charge on any atom is -0.459 e. The van der Waals surface area contributed by atoms with Crippen LogP contribution < -0.4 is 0 Å². The van der Waals surface area contributed by atoms with Crippen molar-refractivity contribution in [1.29, 1.82) is 0 Å². The summed E-state index contributed by atoms with van der Waals surface area (Å²) in [5, 5.41) is 10.8. The molecule has 0 bridgehead atoms. The van der Waals surface area contributed by atoms with Gasteiger partial charge in [-0.05, 0) is 49.4 Å². The summed E-state index contributed by atoms with van der Waals surface area (Å²) in [6, 6.07) is 0. The summed E-state index contributed by atoms with van der Waals surface area (Å²) in [4.78, 5) is 30.5. The third kappa shape index (κ3) is 4.31. The van der Waals surface area contributed by atoms with Crippen LogP contribution in [0.4, 0.5) is 0 Å². The molecule has 2 aliphatic carbocycles. The lowest BCUT2D eigenvalue weighted by atomic mass is 9.46. The molecule has 1 heterocycles. The number of cyclic esters (lactones) is 1. The minimum atomic E-state index is -4.65. The number of phosphoric acid groups is 1. The van der Waals surface area contributed by atoms with E-state index in [4.69, 9.17) is 14.0 Å². The molecule has 1 unspecified atom stereocenters. The number of esters is 1. The number of hydrogen-bond donors (Lipinski definition) is 3. The van der Waals surface area contributed by atoms with Crippen molar-refractivity contribution >= 4 is 13.8 Å². The van der Waals surface area contributed by atoms with E-state index in [1.165, 1.54) is 0 Å². The van der Waals surface area contributed by atoms with Crippen LogP contribution in [0.1, 0.15) is 46.0 Å². The Balaban J connectivity index is 1.88. The van der Waals surface area contributed by atoms with Crippen LogP contribution in [0.3, 0.4) is 0 Å². The summed E-state index contributed by atoms with van der Waals surface area (Å²) in [6.45, 7) is 8.32. The Bertz CT molecular complexity index is 773. The van der Waals surface area contributed by atoms with E-state index in [1.54, 1.807) is 7.11 Å². The van der Waals surface area contributed by atoms with Gasteiger partial charge < -0.3 is 24.4 Å². The van der Waals surface area contributed by atoms with Crippen LogP contribution in [0, 0.1) is 22.7 Å². The molecule has 0 aromatic rings. The van der Waals surface area contributed by atoms with Crippen molar-refractivity contribution in [2.45, 2.75) is 58.2 Å². The highest BCUT2D eigenvalue weighted by molar-refractivity contribution is 7.46. The Kier molecular flexibility index (Phi) is 6.69. The van der Waals surface area contributed by atoms with Crippen molar-refractivity contribution in [2.75, 3.05) is 20.3 Å². The quantitative estimate of drug-likeness (QED) is 0.247. The lowest BCUT2D eigenvalue weighted by Gasteiger charge is -2.60. The maximum atomic E-state index is 12.1. The molecule has 8 nitrogen and oxygen atoms in total. The normalized spacial score (nSPS) is 41.1.